The molecule has 2 aromatic rings. The Hall–Kier alpha value is -3.68. The number of amides is 2. The summed E-state index contributed by atoms with van der Waals surface area (Å²) in [5.41, 5.74) is 7.07. The number of primary amides is 1. The first-order chi connectivity index (χ1) is 15.0. The molecule has 1 saturated carbocycles. The second-order valence-electron chi connectivity index (χ2n) is 7.89. The number of hydrogen-bond donors (Lipinski definition) is 3. The molecule has 0 unspecified atom stereocenters. The molecule has 160 valence electrons. The molecule has 0 spiro atoms. The van der Waals surface area contributed by atoms with Crippen LogP contribution in [0.15, 0.2) is 54.6 Å². The van der Waals surface area contributed by atoms with Crippen LogP contribution in [-0.4, -0.2) is 47.0 Å². The van der Waals surface area contributed by atoms with E-state index in [0.29, 0.717) is 23.6 Å². The number of para-hydroxylation sites is 1. The topological polar surface area (TPSA) is 127 Å². The van der Waals surface area contributed by atoms with E-state index in [1.54, 1.807) is 29.2 Å². The molecular formula is C23H25N4O4+. The molecule has 0 aromatic heterocycles. The molecule has 0 radical (unpaired) electrons. The minimum Gasteiger partial charge on any atom is -0.459 e. The second kappa shape index (κ2) is 8.59. The first kappa shape index (κ1) is 20.6. The molecule has 1 saturated heterocycles. The van der Waals surface area contributed by atoms with E-state index < -0.39 is 11.9 Å². The van der Waals surface area contributed by atoms with Crippen LogP contribution in [-0.2, 0) is 25.7 Å². The molecule has 8 heteroatoms. The molecule has 31 heavy (non-hydrogen) atoms. The zero-order valence-electron chi connectivity index (χ0n) is 17.0. The summed E-state index contributed by atoms with van der Waals surface area (Å²) in [6.07, 6.45) is 1.54. The third kappa shape index (κ3) is 4.42. The number of piperidine rings is 1. The summed E-state index contributed by atoms with van der Waals surface area (Å²) in [5, 5.41) is 8.81. The maximum Gasteiger partial charge on any atom is 0.329 e. The number of carbonyl (C=O) groups excluding carboxylic acids is 3. The summed E-state index contributed by atoms with van der Waals surface area (Å²) in [4.78, 5) is 38.8. The average molecular weight is 421 g/mol. The van der Waals surface area contributed by atoms with E-state index in [4.69, 9.17) is 15.9 Å². The molecule has 1 heterocycles. The quantitative estimate of drug-likeness (QED) is 0.404. The molecule has 4 rings (SSSR count). The van der Waals surface area contributed by atoms with E-state index in [-0.39, 0.29) is 36.8 Å². The van der Waals surface area contributed by atoms with Crippen molar-refractivity contribution >= 4 is 29.2 Å². The highest BCUT2D eigenvalue weighted by atomic mass is 16.5. The molecule has 8 nitrogen and oxygen atoms in total. The molecule has 2 aliphatic rings. The third-order valence-corrected chi connectivity index (χ3v) is 5.80. The number of rotatable bonds is 8. The van der Waals surface area contributed by atoms with Gasteiger partial charge in [-0.15, -0.1) is 0 Å². The van der Waals surface area contributed by atoms with Crippen LogP contribution >= 0.6 is 0 Å². The normalized spacial score (nSPS) is 21.2. The Morgan fingerprint density at radius 3 is 2.52 bits per heavy atom. The molecule has 3 atom stereocenters. The number of nitrogens with one attached hydrogen (secondary N) is 1. The van der Waals surface area contributed by atoms with Gasteiger partial charge in [-0.2, -0.15) is 0 Å². The van der Waals surface area contributed by atoms with Gasteiger partial charge in [-0.3, -0.25) is 9.59 Å². The van der Waals surface area contributed by atoms with Gasteiger partial charge in [0.2, 0.25) is 5.91 Å². The molecule has 1 aliphatic carbocycles. The minimum atomic E-state index is -0.734. The van der Waals surface area contributed by atoms with Crippen molar-refractivity contribution in [2.24, 2.45) is 11.7 Å². The number of nitrogens with two attached hydrogens (primary N) is 2. The fourth-order valence-corrected chi connectivity index (χ4v) is 4.12. The first-order valence-electron chi connectivity index (χ1n) is 10.2. The highest BCUT2D eigenvalue weighted by Crippen LogP contribution is 2.48. The lowest BCUT2D eigenvalue weighted by molar-refractivity contribution is -0.155. The number of fused-ring (bicyclic) bond motifs is 1. The van der Waals surface area contributed by atoms with Crippen LogP contribution in [0, 0.1) is 5.92 Å². The predicted octanol–water partition coefficient (Wildman–Crippen LogP) is -0.135. The van der Waals surface area contributed by atoms with Crippen molar-refractivity contribution < 1.29 is 24.5 Å². The summed E-state index contributed by atoms with van der Waals surface area (Å²) in [6.45, 7) is 0.149. The lowest BCUT2D eigenvalue weighted by Crippen LogP contribution is -2.49. The fraction of sp³-hybridized carbons (Fsp3) is 0.304. The Bertz CT molecular complexity index is 1020. The van der Waals surface area contributed by atoms with Gasteiger partial charge in [-0.1, -0.05) is 42.5 Å². The molecule has 5 N–H and O–H groups in total. The van der Waals surface area contributed by atoms with E-state index in [1.807, 2.05) is 30.3 Å². The van der Waals surface area contributed by atoms with E-state index in [0.717, 1.165) is 12.0 Å². The van der Waals surface area contributed by atoms with Gasteiger partial charge in [0.1, 0.15) is 12.6 Å². The number of ether oxygens (including phenoxy) is 1. The monoisotopic (exact) mass is 421 g/mol. The van der Waals surface area contributed by atoms with Crippen molar-refractivity contribution in [3.8, 4) is 0 Å². The van der Waals surface area contributed by atoms with Gasteiger partial charge in [0.05, 0.1) is 12.1 Å². The summed E-state index contributed by atoms with van der Waals surface area (Å²) in [5.74, 6) is -0.957. The van der Waals surface area contributed by atoms with Crippen LogP contribution in [0.4, 0.5) is 5.69 Å². The van der Waals surface area contributed by atoms with Crippen LogP contribution in [0.3, 0.4) is 0 Å². The number of hydrogen-bond acceptors (Lipinski definition) is 5. The Morgan fingerprint density at radius 1 is 1.06 bits per heavy atom. The van der Waals surface area contributed by atoms with Crippen molar-refractivity contribution in [3.05, 3.63) is 65.7 Å². The SMILES string of the molecule is NC(=O)C(=[NH2+])c1ccccc1NCC(=O)N1[C@@H]2C[C@@H]2C[C@H]1C(=O)OCc1ccccc1. The standard InChI is InChI=1S/C23H24N4O4/c24-21(22(25)29)16-8-4-5-9-17(16)26-12-20(28)27-18-10-15(18)11-19(27)23(30)31-13-14-6-2-1-3-7-14/h1-9,15,18-19,24,26H,10-13H2,(H2,25,29)/p+1/t15-,18-,19+/m1/s1. The van der Waals surface area contributed by atoms with Gasteiger partial charge in [-0.05, 0) is 36.5 Å². The Morgan fingerprint density at radius 2 is 1.77 bits per heavy atom. The van der Waals surface area contributed by atoms with Crippen LogP contribution in [0.2, 0.25) is 0 Å². The Balaban J connectivity index is 1.39. The maximum absolute atomic E-state index is 13.0. The average Bonchev–Trinajstić information content (AvgIpc) is 3.45. The summed E-state index contributed by atoms with van der Waals surface area (Å²) >= 11 is 0. The van der Waals surface area contributed by atoms with E-state index in [1.165, 1.54) is 0 Å². The van der Waals surface area contributed by atoms with Gasteiger partial charge in [0.25, 0.3) is 5.71 Å². The third-order valence-electron chi connectivity index (χ3n) is 5.80. The van der Waals surface area contributed by atoms with Gasteiger partial charge in [0, 0.05) is 11.7 Å². The van der Waals surface area contributed by atoms with Crippen molar-refractivity contribution in [2.75, 3.05) is 11.9 Å². The van der Waals surface area contributed by atoms with Crippen LogP contribution in [0.25, 0.3) is 0 Å². The number of benzene rings is 2. The van der Waals surface area contributed by atoms with Crippen LogP contribution in [0.5, 0.6) is 0 Å². The maximum atomic E-state index is 13.0. The lowest BCUT2D eigenvalue weighted by Gasteiger charge is -2.26. The van der Waals surface area contributed by atoms with Crippen LogP contribution < -0.4 is 16.5 Å². The van der Waals surface area contributed by atoms with Crippen molar-refractivity contribution in [3.63, 3.8) is 0 Å². The summed E-state index contributed by atoms with van der Waals surface area (Å²) < 4.78 is 5.48. The molecular weight excluding hydrogens is 396 g/mol. The minimum absolute atomic E-state index is 0.0330. The van der Waals surface area contributed by atoms with Gasteiger partial charge >= 0.3 is 11.9 Å². The highest BCUT2D eigenvalue weighted by molar-refractivity contribution is 6.43. The molecule has 2 fully saturated rings. The second-order valence-corrected chi connectivity index (χ2v) is 7.89. The molecule has 2 aromatic carbocycles. The highest BCUT2D eigenvalue weighted by Gasteiger charge is 2.56. The number of nitrogens with zero attached hydrogens (tertiary/aromatic N) is 1. The van der Waals surface area contributed by atoms with Crippen LogP contribution in [0.1, 0.15) is 24.0 Å². The molecule has 1 aliphatic heterocycles. The number of likely N-dealkylation sites (tertiary alicyclic amines) is 1. The number of esters is 1. The first-order valence-corrected chi connectivity index (χ1v) is 10.2. The number of carbonyl (C=O) groups is 3. The predicted molar refractivity (Wildman–Crippen MR) is 114 cm³/mol. The zero-order chi connectivity index (χ0) is 22.0. The fourth-order valence-electron chi connectivity index (χ4n) is 4.12. The lowest BCUT2D eigenvalue weighted by atomic mass is 10.1. The zero-order valence-corrected chi connectivity index (χ0v) is 17.0. The van der Waals surface area contributed by atoms with E-state index >= 15 is 0 Å². The Labute approximate surface area is 179 Å². The molecule has 0 bridgehead atoms. The smallest absolute Gasteiger partial charge is 0.329 e. The van der Waals surface area contributed by atoms with Crippen molar-refractivity contribution in [1.82, 2.24) is 4.90 Å². The van der Waals surface area contributed by atoms with E-state index in [9.17, 15) is 14.4 Å². The van der Waals surface area contributed by atoms with Crippen molar-refractivity contribution in [1.29, 1.82) is 0 Å². The van der Waals surface area contributed by atoms with E-state index in [2.05, 4.69) is 5.32 Å². The van der Waals surface area contributed by atoms with Gasteiger partial charge in [0.15, 0.2) is 0 Å². The summed E-state index contributed by atoms with van der Waals surface area (Å²) in [6, 6.07) is 15.8. The summed E-state index contributed by atoms with van der Waals surface area (Å²) in [7, 11) is 0. The molecule has 2 amide bonds. The van der Waals surface area contributed by atoms with Gasteiger partial charge < -0.3 is 20.7 Å². The largest absolute Gasteiger partial charge is 0.459 e. The Kier molecular flexibility index (Phi) is 5.70. The number of anilines is 1. The van der Waals surface area contributed by atoms with Gasteiger partial charge in [-0.25, -0.2) is 10.2 Å². The van der Waals surface area contributed by atoms with Crippen molar-refractivity contribution in [2.45, 2.75) is 31.5 Å².